The molecule has 0 aliphatic carbocycles. The van der Waals surface area contributed by atoms with Gasteiger partial charge in [-0.2, -0.15) is 0 Å². The van der Waals surface area contributed by atoms with Crippen LogP contribution in [0.1, 0.15) is 0 Å². The summed E-state index contributed by atoms with van der Waals surface area (Å²) in [6, 6.07) is 18.0. The third-order valence-electron chi connectivity index (χ3n) is 5.12. The lowest BCUT2D eigenvalue weighted by Crippen LogP contribution is -2.23. The molecule has 0 radical (unpaired) electrons. The molecule has 2 heterocycles. The summed E-state index contributed by atoms with van der Waals surface area (Å²) < 4.78 is 15.9. The minimum Gasteiger partial charge on any atom is -0.349 e. The number of hydrogen-bond acceptors (Lipinski definition) is 4. The number of fused-ring (bicyclic) bond motifs is 3. The third-order valence-corrected chi connectivity index (χ3v) is 6.80. The van der Waals surface area contributed by atoms with Crippen molar-refractivity contribution in [2.75, 3.05) is 11.1 Å². The number of aromatic amines is 1. The monoisotopic (exact) mass is 512 g/mol. The second-order valence-corrected chi connectivity index (χ2v) is 9.10. The van der Waals surface area contributed by atoms with Crippen LogP contribution in [-0.2, 0) is 4.79 Å². The van der Waals surface area contributed by atoms with Crippen LogP contribution in [0.15, 0.2) is 76.7 Å². The van der Waals surface area contributed by atoms with Crippen LogP contribution in [0.4, 0.5) is 10.1 Å². The number of nitrogens with zero attached hydrogens (tertiary/aromatic N) is 2. The fourth-order valence-corrected chi connectivity index (χ4v) is 4.68. The Bertz CT molecular complexity index is 1630. The molecule has 0 saturated carbocycles. The van der Waals surface area contributed by atoms with E-state index in [1.165, 1.54) is 28.8 Å². The zero-order valence-electron chi connectivity index (χ0n) is 17.3. The number of carbonyl (C=O) groups is 1. The highest BCUT2D eigenvalue weighted by molar-refractivity contribution is 7.99. The van der Waals surface area contributed by atoms with Gasteiger partial charge in [-0.3, -0.25) is 14.2 Å². The number of carbonyl (C=O) groups excluding carboxylic acids is 1. The predicted molar refractivity (Wildman–Crippen MR) is 135 cm³/mol. The van der Waals surface area contributed by atoms with E-state index < -0.39 is 11.4 Å². The number of nitrogens with one attached hydrogen (secondary N) is 2. The highest BCUT2D eigenvalue weighted by Gasteiger charge is 2.20. The molecule has 0 bridgehead atoms. The maximum Gasteiger partial charge on any atom is 0.283 e. The first-order valence-electron chi connectivity index (χ1n) is 10.1. The second-order valence-electron chi connectivity index (χ2n) is 7.35. The number of halogens is 3. The van der Waals surface area contributed by atoms with Gasteiger partial charge in [-0.1, -0.05) is 65.3 Å². The van der Waals surface area contributed by atoms with Gasteiger partial charge in [-0.15, -0.1) is 0 Å². The van der Waals surface area contributed by atoms with Gasteiger partial charge >= 0.3 is 0 Å². The average molecular weight is 513 g/mol. The van der Waals surface area contributed by atoms with E-state index in [2.05, 4.69) is 15.3 Å². The first kappa shape index (κ1) is 22.5. The van der Waals surface area contributed by atoms with E-state index in [1.807, 2.05) is 24.3 Å². The molecule has 5 aromatic rings. The van der Waals surface area contributed by atoms with Gasteiger partial charge in [-0.05, 0) is 36.4 Å². The fourth-order valence-electron chi connectivity index (χ4n) is 3.59. The zero-order chi connectivity index (χ0) is 23.8. The number of thioether (sulfide) groups is 1. The molecule has 1 amide bonds. The molecule has 0 aliphatic heterocycles. The Kier molecular flexibility index (Phi) is 6.03. The molecule has 5 rings (SSSR count). The largest absolute Gasteiger partial charge is 0.349 e. The van der Waals surface area contributed by atoms with E-state index >= 15 is 0 Å². The van der Waals surface area contributed by atoms with Crippen LogP contribution in [0.25, 0.3) is 27.6 Å². The molecule has 0 atom stereocenters. The van der Waals surface area contributed by atoms with Crippen molar-refractivity contribution in [1.29, 1.82) is 0 Å². The van der Waals surface area contributed by atoms with Crippen molar-refractivity contribution < 1.29 is 9.18 Å². The van der Waals surface area contributed by atoms with Gasteiger partial charge < -0.3 is 10.3 Å². The summed E-state index contributed by atoms with van der Waals surface area (Å²) in [5.74, 6) is -1.00. The summed E-state index contributed by atoms with van der Waals surface area (Å²) >= 11 is 13.0. The summed E-state index contributed by atoms with van der Waals surface area (Å²) in [5.41, 5.74) is 1.52. The number of hydrogen-bond donors (Lipinski definition) is 2. The van der Waals surface area contributed by atoms with Crippen molar-refractivity contribution in [2.24, 2.45) is 0 Å². The van der Waals surface area contributed by atoms with Gasteiger partial charge in [0.15, 0.2) is 5.16 Å². The molecule has 34 heavy (non-hydrogen) atoms. The van der Waals surface area contributed by atoms with Gasteiger partial charge in [0.2, 0.25) is 5.91 Å². The topological polar surface area (TPSA) is 79.8 Å². The van der Waals surface area contributed by atoms with E-state index in [-0.39, 0.29) is 28.0 Å². The number of amides is 1. The number of anilines is 1. The zero-order valence-corrected chi connectivity index (χ0v) is 19.6. The van der Waals surface area contributed by atoms with Gasteiger partial charge in [-0.25, -0.2) is 9.37 Å². The molecular weight excluding hydrogens is 498 g/mol. The lowest BCUT2D eigenvalue weighted by Gasteiger charge is -2.13. The highest BCUT2D eigenvalue weighted by Crippen LogP contribution is 2.28. The summed E-state index contributed by atoms with van der Waals surface area (Å²) in [5, 5.41) is 4.37. The Morgan fingerprint density at radius 3 is 2.62 bits per heavy atom. The summed E-state index contributed by atoms with van der Waals surface area (Å²) in [4.78, 5) is 33.8. The number of H-pyrrole nitrogens is 1. The second kappa shape index (κ2) is 9.13. The Morgan fingerprint density at radius 2 is 1.82 bits per heavy atom. The summed E-state index contributed by atoms with van der Waals surface area (Å²) in [6.45, 7) is 0. The SMILES string of the molecule is O=C(CSc1nc2c([nH]c3ccccc32)c(=O)n1-c1ccccc1F)Nc1ccc(Cl)c(Cl)c1. The Balaban J connectivity index is 1.55. The molecule has 0 saturated heterocycles. The number of aromatic nitrogens is 3. The first-order chi connectivity index (χ1) is 16.4. The smallest absolute Gasteiger partial charge is 0.283 e. The van der Waals surface area contributed by atoms with Gasteiger partial charge in [0, 0.05) is 16.6 Å². The Labute approximate surface area is 206 Å². The minimum atomic E-state index is -0.580. The Morgan fingerprint density at radius 1 is 1.06 bits per heavy atom. The van der Waals surface area contributed by atoms with E-state index in [0.717, 1.165) is 22.7 Å². The van der Waals surface area contributed by atoms with E-state index in [0.29, 0.717) is 21.2 Å². The molecule has 0 spiro atoms. The molecule has 0 unspecified atom stereocenters. The van der Waals surface area contributed by atoms with Crippen molar-refractivity contribution in [1.82, 2.24) is 14.5 Å². The van der Waals surface area contributed by atoms with Gasteiger partial charge in [0.25, 0.3) is 5.56 Å². The molecular formula is C24H15Cl2FN4O2S. The van der Waals surface area contributed by atoms with Crippen molar-refractivity contribution in [3.8, 4) is 5.69 Å². The maximum atomic E-state index is 14.7. The van der Waals surface area contributed by atoms with Crippen molar-refractivity contribution in [2.45, 2.75) is 5.16 Å². The summed E-state index contributed by atoms with van der Waals surface area (Å²) in [6.07, 6.45) is 0. The molecule has 0 aliphatic rings. The Hall–Kier alpha value is -3.33. The lowest BCUT2D eigenvalue weighted by atomic mass is 10.2. The van der Waals surface area contributed by atoms with Crippen LogP contribution >= 0.6 is 35.0 Å². The number of rotatable bonds is 5. The summed E-state index contributed by atoms with van der Waals surface area (Å²) in [7, 11) is 0. The van der Waals surface area contributed by atoms with Crippen LogP contribution in [0, 0.1) is 5.82 Å². The van der Waals surface area contributed by atoms with Crippen LogP contribution in [0.5, 0.6) is 0 Å². The predicted octanol–water partition coefficient (Wildman–Crippen LogP) is 6.04. The standard InChI is InChI=1S/C24H15Cl2FN4O2S/c25-15-10-9-13(11-16(15)26)28-20(32)12-34-24-30-21-14-5-1-3-7-18(14)29-22(21)23(33)31(24)19-8-4-2-6-17(19)27/h1-11,29H,12H2,(H,28,32). The van der Waals surface area contributed by atoms with Gasteiger partial charge in [0.1, 0.15) is 16.9 Å². The maximum absolute atomic E-state index is 14.7. The van der Waals surface area contributed by atoms with E-state index in [1.54, 1.807) is 18.2 Å². The fraction of sp³-hybridized carbons (Fsp3) is 0.0417. The average Bonchev–Trinajstić information content (AvgIpc) is 3.20. The van der Waals surface area contributed by atoms with Crippen LogP contribution < -0.4 is 10.9 Å². The van der Waals surface area contributed by atoms with Gasteiger partial charge in [0.05, 0.1) is 21.5 Å². The normalized spacial score (nSPS) is 11.3. The molecule has 2 aromatic heterocycles. The minimum absolute atomic E-state index is 0.0490. The van der Waals surface area contributed by atoms with Crippen molar-refractivity contribution in [3.63, 3.8) is 0 Å². The highest BCUT2D eigenvalue weighted by atomic mass is 35.5. The molecule has 10 heteroatoms. The van der Waals surface area contributed by atoms with Crippen molar-refractivity contribution in [3.05, 3.63) is 92.9 Å². The molecule has 3 aromatic carbocycles. The molecule has 0 fully saturated rings. The molecule has 170 valence electrons. The van der Waals surface area contributed by atoms with E-state index in [9.17, 15) is 14.0 Å². The van der Waals surface area contributed by atoms with Crippen LogP contribution in [0.2, 0.25) is 10.0 Å². The number of benzene rings is 3. The van der Waals surface area contributed by atoms with Crippen LogP contribution in [0.3, 0.4) is 0 Å². The number of para-hydroxylation sites is 2. The quantitative estimate of drug-likeness (QED) is 0.222. The van der Waals surface area contributed by atoms with Crippen LogP contribution in [-0.4, -0.2) is 26.2 Å². The third kappa shape index (κ3) is 4.16. The van der Waals surface area contributed by atoms with Crippen molar-refractivity contribution >= 4 is 68.5 Å². The molecule has 6 nitrogen and oxygen atoms in total. The van der Waals surface area contributed by atoms with E-state index in [4.69, 9.17) is 23.2 Å². The molecule has 2 N–H and O–H groups in total. The lowest BCUT2D eigenvalue weighted by molar-refractivity contribution is -0.113. The first-order valence-corrected chi connectivity index (χ1v) is 11.8.